The van der Waals surface area contributed by atoms with Crippen LogP contribution in [-0.2, 0) is 0 Å². The van der Waals surface area contributed by atoms with Crippen LogP contribution in [-0.4, -0.2) is 0 Å². The van der Waals surface area contributed by atoms with Gasteiger partial charge < -0.3 is 0 Å². The Balaban J connectivity index is 1.53. The van der Waals surface area contributed by atoms with Crippen molar-refractivity contribution in [3.05, 3.63) is 169 Å². The van der Waals surface area contributed by atoms with Crippen LogP contribution in [0, 0.1) is 6.92 Å². The van der Waals surface area contributed by atoms with Crippen molar-refractivity contribution in [2.45, 2.75) is 6.92 Å². The standard InChI is InChI=1S/C43H30/c1-29-16-18-33(19-17-29)42-38-24-22-36(31-12-6-3-7-13-31)28-41(38)43(37-21-20-32-14-8-9-15-34(32)26-37)39-25-23-35(27-40(39)42)30-10-4-2-5-11-30/h2-28H,1H3. The van der Waals surface area contributed by atoms with Gasteiger partial charge in [0.2, 0.25) is 0 Å². The summed E-state index contributed by atoms with van der Waals surface area (Å²) in [5, 5.41) is 7.59. The lowest BCUT2D eigenvalue weighted by Gasteiger charge is -2.20. The summed E-state index contributed by atoms with van der Waals surface area (Å²) >= 11 is 0. The maximum absolute atomic E-state index is 2.40. The minimum atomic E-state index is 1.23. The van der Waals surface area contributed by atoms with Gasteiger partial charge in [0.05, 0.1) is 0 Å². The largest absolute Gasteiger partial charge is 0.0622 e. The summed E-state index contributed by atoms with van der Waals surface area (Å²) in [6, 6.07) is 60.0. The third kappa shape index (κ3) is 4.49. The first-order valence-electron chi connectivity index (χ1n) is 14.9. The zero-order valence-corrected chi connectivity index (χ0v) is 24.1. The smallest absolute Gasteiger partial charge is 0.00259 e. The highest BCUT2D eigenvalue weighted by Crippen LogP contribution is 2.46. The molecule has 8 rings (SSSR count). The Morgan fingerprint density at radius 2 is 0.744 bits per heavy atom. The van der Waals surface area contributed by atoms with Crippen LogP contribution in [0.4, 0.5) is 0 Å². The van der Waals surface area contributed by atoms with Crippen molar-refractivity contribution in [2.75, 3.05) is 0 Å². The van der Waals surface area contributed by atoms with E-state index in [2.05, 4.69) is 171 Å². The molecule has 0 spiro atoms. The molecule has 0 aliphatic rings. The van der Waals surface area contributed by atoms with E-state index in [0.717, 1.165) is 0 Å². The molecule has 0 amide bonds. The maximum Gasteiger partial charge on any atom is -0.00259 e. The molecule has 0 unspecified atom stereocenters. The van der Waals surface area contributed by atoms with Crippen molar-refractivity contribution in [1.29, 1.82) is 0 Å². The number of rotatable bonds is 4. The summed E-state index contributed by atoms with van der Waals surface area (Å²) in [6.07, 6.45) is 0. The fourth-order valence-corrected chi connectivity index (χ4v) is 6.54. The zero-order chi connectivity index (χ0) is 28.8. The van der Waals surface area contributed by atoms with Gasteiger partial charge in [-0.15, -0.1) is 0 Å². The maximum atomic E-state index is 2.40. The molecule has 0 atom stereocenters. The van der Waals surface area contributed by atoms with Crippen LogP contribution in [0.3, 0.4) is 0 Å². The lowest BCUT2D eigenvalue weighted by molar-refractivity contribution is 1.47. The van der Waals surface area contributed by atoms with Gasteiger partial charge in [-0.3, -0.25) is 0 Å². The molecule has 0 fully saturated rings. The highest BCUT2D eigenvalue weighted by Gasteiger charge is 2.19. The summed E-state index contributed by atoms with van der Waals surface area (Å²) in [5.74, 6) is 0. The number of hydrogen-bond acceptors (Lipinski definition) is 0. The molecule has 8 aromatic carbocycles. The fraction of sp³-hybridized carbons (Fsp3) is 0.0233. The Morgan fingerprint density at radius 3 is 1.33 bits per heavy atom. The van der Waals surface area contributed by atoms with Gasteiger partial charge in [0, 0.05) is 0 Å². The number of fused-ring (bicyclic) bond motifs is 3. The van der Waals surface area contributed by atoms with E-state index in [-0.39, 0.29) is 0 Å². The van der Waals surface area contributed by atoms with E-state index in [9.17, 15) is 0 Å². The van der Waals surface area contributed by atoms with E-state index < -0.39 is 0 Å². The lowest BCUT2D eigenvalue weighted by Crippen LogP contribution is -1.93. The van der Waals surface area contributed by atoms with E-state index >= 15 is 0 Å². The first-order valence-corrected chi connectivity index (χ1v) is 14.9. The summed E-state index contributed by atoms with van der Waals surface area (Å²) in [4.78, 5) is 0. The van der Waals surface area contributed by atoms with Gasteiger partial charge in [-0.05, 0) is 102 Å². The van der Waals surface area contributed by atoms with Crippen LogP contribution >= 0.6 is 0 Å². The molecule has 0 saturated heterocycles. The molecule has 0 N–H and O–H groups in total. The van der Waals surface area contributed by atoms with Crippen molar-refractivity contribution >= 4 is 32.3 Å². The van der Waals surface area contributed by atoms with Crippen molar-refractivity contribution < 1.29 is 0 Å². The highest BCUT2D eigenvalue weighted by atomic mass is 14.2. The Hall–Kier alpha value is -5.46. The molecule has 202 valence electrons. The van der Waals surface area contributed by atoms with Crippen molar-refractivity contribution in [2.24, 2.45) is 0 Å². The summed E-state index contributed by atoms with van der Waals surface area (Å²) < 4.78 is 0. The monoisotopic (exact) mass is 546 g/mol. The van der Waals surface area contributed by atoms with Gasteiger partial charge in [-0.1, -0.05) is 151 Å². The van der Waals surface area contributed by atoms with Crippen molar-refractivity contribution in [3.63, 3.8) is 0 Å². The van der Waals surface area contributed by atoms with Gasteiger partial charge in [-0.25, -0.2) is 0 Å². The molecule has 0 heteroatoms. The normalized spacial score (nSPS) is 11.4. The SMILES string of the molecule is Cc1ccc(-c2c3ccc(-c4ccccc4)cc3c(-c3ccc4ccccc4c3)c3ccc(-c4ccccc4)cc23)cc1. The summed E-state index contributed by atoms with van der Waals surface area (Å²) in [6.45, 7) is 2.16. The summed E-state index contributed by atoms with van der Waals surface area (Å²) in [5.41, 5.74) is 11.2. The predicted octanol–water partition coefficient (Wildman–Crippen LogP) is 12.1. The minimum Gasteiger partial charge on any atom is -0.0622 e. The van der Waals surface area contributed by atoms with E-state index in [0.29, 0.717) is 0 Å². The lowest BCUT2D eigenvalue weighted by atomic mass is 9.83. The number of benzene rings is 8. The Morgan fingerprint density at radius 1 is 0.279 bits per heavy atom. The van der Waals surface area contributed by atoms with Crippen LogP contribution < -0.4 is 0 Å². The second-order valence-corrected chi connectivity index (χ2v) is 11.4. The molecule has 0 saturated carbocycles. The quantitative estimate of drug-likeness (QED) is 0.193. The highest BCUT2D eigenvalue weighted by molar-refractivity contribution is 6.22. The molecule has 43 heavy (non-hydrogen) atoms. The van der Waals surface area contributed by atoms with Gasteiger partial charge in [-0.2, -0.15) is 0 Å². The third-order valence-corrected chi connectivity index (χ3v) is 8.71. The molecule has 0 nitrogen and oxygen atoms in total. The van der Waals surface area contributed by atoms with Crippen molar-refractivity contribution in [3.8, 4) is 44.5 Å². The molecular formula is C43H30. The average molecular weight is 547 g/mol. The van der Waals surface area contributed by atoms with E-state index in [1.54, 1.807) is 0 Å². The van der Waals surface area contributed by atoms with Gasteiger partial charge in [0.15, 0.2) is 0 Å². The molecule has 0 heterocycles. The molecule has 0 aliphatic carbocycles. The predicted molar refractivity (Wildman–Crippen MR) is 185 cm³/mol. The van der Waals surface area contributed by atoms with Crippen LogP contribution in [0.1, 0.15) is 5.56 Å². The Labute approximate surface area is 252 Å². The van der Waals surface area contributed by atoms with Crippen LogP contribution in [0.5, 0.6) is 0 Å². The molecule has 0 bridgehead atoms. The molecule has 8 aromatic rings. The van der Waals surface area contributed by atoms with Crippen LogP contribution in [0.15, 0.2) is 164 Å². The molecular weight excluding hydrogens is 516 g/mol. The van der Waals surface area contributed by atoms with E-state index in [1.165, 1.54) is 82.4 Å². The minimum absolute atomic E-state index is 1.23. The Bertz CT molecular complexity index is 2260. The van der Waals surface area contributed by atoms with Gasteiger partial charge in [0.25, 0.3) is 0 Å². The third-order valence-electron chi connectivity index (χ3n) is 8.71. The van der Waals surface area contributed by atoms with E-state index in [1.807, 2.05) is 0 Å². The first kappa shape index (κ1) is 25.3. The zero-order valence-electron chi connectivity index (χ0n) is 24.1. The van der Waals surface area contributed by atoms with Crippen molar-refractivity contribution in [1.82, 2.24) is 0 Å². The van der Waals surface area contributed by atoms with Crippen LogP contribution in [0.25, 0.3) is 76.8 Å². The number of aryl methyl sites for hydroxylation is 1. The Kier molecular flexibility index (Phi) is 6.12. The summed E-state index contributed by atoms with van der Waals surface area (Å²) in [7, 11) is 0. The molecule has 0 aromatic heterocycles. The molecule has 0 aliphatic heterocycles. The average Bonchev–Trinajstić information content (AvgIpc) is 3.08. The van der Waals surface area contributed by atoms with Gasteiger partial charge >= 0.3 is 0 Å². The van der Waals surface area contributed by atoms with Crippen LogP contribution in [0.2, 0.25) is 0 Å². The second-order valence-electron chi connectivity index (χ2n) is 11.4. The van der Waals surface area contributed by atoms with E-state index in [4.69, 9.17) is 0 Å². The first-order chi connectivity index (χ1) is 21.2. The number of hydrogen-bond donors (Lipinski definition) is 0. The van der Waals surface area contributed by atoms with Gasteiger partial charge in [0.1, 0.15) is 0 Å². The second kappa shape index (κ2) is 10.4. The fourth-order valence-electron chi connectivity index (χ4n) is 6.54. The molecule has 0 radical (unpaired) electrons. The topological polar surface area (TPSA) is 0 Å².